The SMILES string of the molecule is Cc1[nH]c2ccc(C(=O)OCC(=O)N3CCC(c4ccccc4)=N3)cc2c1C. The Bertz CT molecular complexity index is 1080. The van der Waals surface area contributed by atoms with Crippen LogP contribution in [0.5, 0.6) is 0 Å². The monoisotopic (exact) mass is 375 g/mol. The maximum absolute atomic E-state index is 12.4. The van der Waals surface area contributed by atoms with E-state index in [1.807, 2.05) is 50.2 Å². The molecule has 2 aromatic carbocycles. The molecule has 3 aromatic rings. The van der Waals surface area contributed by atoms with Gasteiger partial charge in [-0.1, -0.05) is 30.3 Å². The predicted octanol–water partition coefficient (Wildman–Crippen LogP) is 3.58. The van der Waals surface area contributed by atoms with Crippen molar-refractivity contribution in [1.29, 1.82) is 0 Å². The summed E-state index contributed by atoms with van der Waals surface area (Å²) in [5.41, 5.74) is 5.43. The number of hydrogen-bond acceptors (Lipinski definition) is 4. The van der Waals surface area contributed by atoms with E-state index in [2.05, 4.69) is 10.1 Å². The Morgan fingerprint density at radius 2 is 1.93 bits per heavy atom. The van der Waals surface area contributed by atoms with Crippen molar-refractivity contribution in [2.24, 2.45) is 5.10 Å². The summed E-state index contributed by atoms with van der Waals surface area (Å²) in [6, 6.07) is 15.1. The van der Waals surface area contributed by atoms with E-state index in [4.69, 9.17) is 4.74 Å². The molecule has 1 aliphatic heterocycles. The molecule has 0 atom stereocenters. The number of hydrazone groups is 1. The highest BCUT2D eigenvalue weighted by atomic mass is 16.5. The third-order valence-electron chi connectivity index (χ3n) is 5.07. The lowest BCUT2D eigenvalue weighted by atomic mass is 10.1. The van der Waals surface area contributed by atoms with Gasteiger partial charge in [-0.2, -0.15) is 5.10 Å². The molecule has 0 unspecified atom stereocenters. The van der Waals surface area contributed by atoms with E-state index in [0.717, 1.165) is 33.4 Å². The molecule has 0 radical (unpaired) electrons. The molecular weight excluding hydrogens is 354 g/mol. The summed E-state index contributed by atoms with van der Waals surface area (Å²) in [4.78, 5) is 28.0. The molecule has 0 aliphatic carbocycles. The first-order valence-corrected chi connectivity index (χ1v) is 9.22. The van der Waals surface area contributed by atoms with E-state index < -0.39 is 5.97 Å². The average molecular weight is 375 g/mol. The van der Waals surface area contributed by atoms with E-state index in [0.29, 0.717) is 18.5 Å². The fourth-order valence-corrected chi connectivity index (χ4v) is 3.34. The van der Waals surface area contributed by atoms with Gasteiger partial charge in [0, 0.05) is 23.0 Å². The van der Waals surface area contributed by atoms with Gasteiger partial charge in [0.05, 0.1) is 17.8 Å². The van der Waals surface area contributed by atoms with Gasteiger partial charge < -0.3 is 9.72 Å². The number of fused-ring (bicyclic) bond motifs is 1. The van der Waals surface area contributed by atoms with Crippen molar-refractivity contribution in [2.45, 2.75) is 20.3 Å². The number of aromatic nitrogens is 1. The number of carbonyl (C=O) groups is 2. The summed E-state index contributed by atoms with van der Waals surface area (Å²) in [6.07, 6.45) is 0.687. The number of aryl methyl sites for hydroxylation is 2. The number of carbonyl (C=O) groups excluding carboxylic acids is 2. The number of nitrogens with one attached hydrogen (secondary N) is 1. The molecule has 6 heteroatoms. The molecule has 28 heavy (non-hydrogen) atoms. The van der Waals surface area contributed by atoms with Gasteiger partial charge in [0.25, 0.3) is 5.91 Å². The van der Waals surface area contributed by atoms with Crippen LogP contribution in [0.25, 0.3) is 10.9 Å². The van der Waals surface area contributed by atoms with Crippen LogP contribution in [0.15, 0.2) is 53.6 Å². The maximum atomic E-state index is 12.4. The summed E-state index contributed by atoms with van der Waals surface area (Å²) in [5, 5.41) is 6.72. The van der Waals surface area contributed by atoms with Crippen molar-refractivity contribution in [3.05, 3.63) is 70.9 Å². The quantitative estimate of drug-likeness (QED) is 0.708. The second-order valence-electron chi connectivity index (χ2n) is 6.89. The number of rotatable bonds is 4. The van der Waals surface area contributed by atoms with Gasteiger partial charge >= 0.3 is 5.97 Å². The van der Waals surface area contributed by atoms with Crippen LogP contribution in [0.1, 0.15) is 33.6 Å². The van der Waals surface area contributed by atoms with Crippen molar-refractivity contribution in [2.75, 3.05) is 13.2 Å². The Morgan fingerprint density at radius 3 is 2.71 bits per heavy atom. The Hall–Kier alpha value is -3.41. The first-order chi connectivity index (χ1) is 13.5. The minimum Gasteiger partial charge on any atom is -0.452 e. The molecule has 1 aromatic heterocycles. The zero-order chi connectivity index (χ0) is 19.7. The fourth-order valence-electron chi connectivity index (χ4n) is 3.34. The number of nitrogens with zero attached hydrogens (tertiary/aromatic N) is 2. The van der Waals surface area contributed by atoms with Gasteiger partial charge in [-0.25, -0.2) is 9.80 Å². The van der Waals surface area contributed by atoms with E-state index in [-0.39, 0.29) is 12.5 Å². The van der Waals surface area contributed by atoms with Gasteiger partial charge in [0.1, 0.15) is 0 Å². The Labute approximate surface area is 162 Å². The van der Waals surface area contributed by atoms with E-state index in [1.165, 1.54) is 5.01 Å². The molecule has 0 fully saturated rings. The lowest BCUT2D eigenvalue weighted by Crippen LogP contribution is -2.28. The van der Waals surface area contributed by atoms with Gasteiger partial charge in [0.2, 0.25) is 0 Å². The van der Waals surface area contributed by atoms with Crippen LogP contribution in [-0.2, 0) is 9.53 Å². The van der Waals surface area contributed by atoms with Crippen LogP contribution in [0.3, 0.4) is 0 Å². The molecule has 2 heterocycles. The van der Waals surface area contributed by atoms with Gasteiger partial charge in [-0.05, 0) is 43.2 Å². The Kier molecular flexibility index (Phi) is 4.69. The zero-order valence-electron chi connectivity index (χ0n) is 15.9. The van der Waals surface area contributed by atoms with Crippen LogP contribution < -0.4 is 0 Å². The molecule has 0 saturated carbocycles. The third kappa shape index (κ3) is 3.41. The second-order valence-corrected chi connectivity index (χ2v) is 6.89. The molecule has 1 amide bonds. The van der Waals surface area contributed by atoms with Crippen molar-refractivity contribution in [3.63, 3.8) is 0 Å². The standard InChI is InChI=1S/C22H21N3O3/c1-14-15(2)23-20-9-8-17(12-18(14)20)22(27)28-13-21(26)25-11-10-19(24-25)16-6-4-3-5-7-16/h3-9,12,23H,10-11,13H2,1-2H3. The summed E-state index contributed by atoms with van der Waals surface area (Å²) in [6.45, 7) is 4.16. The summed E-state index contributed by atoms with van der Waals surface area (Å²) < 4.78 is 5.23. The van der Waals surface area contributed by atoms with Crippen LogP contribution in [0, 0.1) is 13.8 Å². The molecule has 4 rings (SSSR count). The van der Waals surface area contributed by atoms with Crippen molar-refractivity contribution in [1.82, 2.24) is 9.99 Å². The number of hydrogen-bond donors (Lipinski definition) is 1. The number of esters is 1. The Balaban J connectivity index is 1.40. The summed E-state index contributed by atoms with van der Waals surface area (Å²) in [7, 11) is 0. The van der Waals surface area contributed by atoms with Crippen LogP contribution in [0.2, 0.25) is 0 Å². The largest absolute Gasteiger partial charge is 0.452 e. The first kappa shape index (κ1) is 18.0. The topological polar surface area (TPSA) is 74.8 Å². The Morgan fingerprint density at radius 1 is 1.14 bits per heavy atom. The van der Waals surface area contributed by atoms with Crippen LogP contribution >= 0.6 is 0 Å². The molecule has 0 bridgehead atoms. The van der Waals surface area contributed by atoms with Crippen molar-refractivity contribution in [3.8, 4) is 0 Å². The molecule has 1 aliphatic rings. The van der Waals surface area contributed by atoms with Crippen molar-refractivity contribution >= 4 is 28.5 Å². The molecule has 0 saturated heterocycles. The molecule has 1 N–H and O–H groups in total. The normalized spacial score (nSPS) is 13.6. The number of ether oxygens (including phenoxy) is 1. The smallest absolute Gasteiger partial charge is 0.338 e. The highest BCUT2D eigenvalue weighted by molar-refractivity contribution is 6.03. The highest BCUT2D eigenvalue weighted by Gasteiger charge is 2.23. The third-order valence-corrected chi connectivity index (χ3v) is 5.07. The zero-order valence-corrected chi connectivity index (χ0v) is 15.9. The lowest BCUT2D eigenvalue weighted by molar-refractivity contribution is -0.134. The molecule has 142 valence electrons. The molecule has 6 nitrogen and oxygen atoms in total. The summed E-state index contributed by atoms with van der Waals surface area (Å²) >= 11 is 0. The van der Waals surface area contributed by atoms with Gasteiger partial charge in [-0.3, -0.25) is 4.79 Å². The van der Waals surface area contributed by atoms with Crippen molar-refractivity contribution < 1.29 is 14.3 Å². The van der Waals surface area contributed by atoms with Crippen LogP contribution in [-0.4, -0.2) is 40.7 Å². The first-order valence-electron chi connectivity index (χ1n) is 9.22. The fraction of sp³-hybridized carbons (Fsp3) is 0.227. The minimum atomic E-state index is -0.514. The van der Waals surface area contributed by atoms with E-state index in [1.54, 1.807) is 12.1 Å². The number of aromatic amines is 1. The second kappa shape index (κ2) is 7.31. The molecular formula is C22H21N3O3. The summed E-state index contributed by atoms with van der Waals surface area (Å²) in [5.74, 6) is -0.839. The number of H-pyrrole nitrogens is 1. The lowest BCUT2D eigenvalue weighted by Gasteiger charge is -2.11. The predicted molar refractivity (Wildman–Crippen MR) is 107 cm³/mol. The molecule has 0 spiro atoms. The van der Waals surface area contributed by atoms with Gasteiger partial charge in [-0.15, -0.1) is 0 Å². The highest BCUT2D eigenvalue weighted by Crippen LogP contribution is 2.22. The van der Waals surface area contributed by atoms with Crippen LogP contribution in [0.4, 0.5) is 0 Å². The van der Waals surface area contributed by atoms with Gasteiger partial charge in [0.15, 0.2) is 6.61 Å². The average Bonchev–Trinajstić information content (AvgIpc) is 3.32. The minimum absolute atomic E-state index is 0.325. The van der Waals surface area contributed by atoms with E-state index >= 15 is 0 Å². The number of amides is 1. The maximum Gasteiger partial charge on any atom is 0.338 e. The van der Waals surface area contributed by atoms with E-state index in [9.17, 15) is 9.59 Å². The number of benzene rings is 2.